The number of rotatable bonds is 10. The molecule has 0 bridgehead atoms. The van der Waals surface area contributed by atoms with Crippen molar-refractivity contribution in [2.75, 3.05) is 131 Å². The minimum Gasteiger partial charge on any atom is -0.496 e. The van der Waals surface area contributed by atoms with E-state index in [9.17, 15) is 0 Å². The molecule has 4 aliphatic rings. The van der Waals surface area contributed by atoms with Gasteiger partial charge in [-0.05, 0) is 0 Å². The number of benzene rings is 2. The summed E-state index contributed by atoms with van der Waals surface area (Å²) in [6.07, 6.45) is 4.09. The molecule has 1 aliphatic carbocycles. The van der Waals surface area contributed by atoms with Gasteiger partial charge in [0.15, 0.2) is 13.1 Å². The van der Waals surface area contributed by atoms with Gasteiger partial charge in [-0.25, -0.2) is 4.58 Å². The van der Waals surface area contributed by atoms with Gasteiger partial charge in [0.05, 0.1) is 97.9 Å². The number of nitrogens with zero attached hydrogens (tertiary/aromatic N) is 3. The van der Waals surface area contributed by atoms with Crippen LogP contribution in [0.1, 0.15) is 11.1 Å². The first-order chi connectivity index (χ1) is 24.0. The Morgan fingerprint density at radius 3 is 1.24 bits per heavy atom. The molecule has 0 radical (unpaired) electrons. The van der Waals surface area contributed by atoms with Crippen LogP contribution in [-0.2, 0) is 23.7 Å². The Hall–Kier alpha value is -4.39. The van der Waals surface area contributed by atoms with E-state index in [1.807, 2.05) is 36.4 Å². The van der Waals surface area contributed by atoms with Crippen molar-refractivity contribution >= 4 is 22.7 Å². The van der Waals surface area contributed by atoms with E-state index in [-0.39, 0.29) is 0 Å². The molecule has 0 saturated carbocycles. The molecule has 3 saturated heterocycles. The molecule has 12 heteroatoms. The molecule has 0 amide bonds. The number of hydrogen-bond donors (Lipinski definition) is 0. The van der Waals surface area contributed by atoms with Crippen LogP contribution in [0.25, 0.3) is 5.57 Å². The van der Waals surface area contributed by atoms with E-state index < -0.39 is 0 Å². The van der Waals surface area contributed by atoms with Crippen LogP contribution >= 0.6 is 0 Å². The van der Waals surface area contributed by atoms with Crippen LogP contribution in [0.4, 0.5) is 11.4 Å². The number of allylic oxidation sites excluding steroid dienone is 2. The van der Waals surface area contributed by atoms with E-state index in [4.69, 9.17) is 42.6 Å². The van der Waals surface area contributed by atoms with E-state index in [0.29, 0.717) is 96.4 Å². The maximum Gasteiger partial charge on any atom is 0.207 e. The quantitative estimate of drug-likeness (QED) is 0.344. The fourth-order valence-electron chi connectivity index (χ4n) is 6.82. The van der Waals surface area contributed by atoms with E-state index in [2.05, 4.69) is 14.4 Å². The Labute approximate surface area is 288 Å². The van der Waals surface area contributed by atoms with Crippen molar-refractivity contribution in [3.63, 3.8) is 0 Å². The average Bonchev–Trinajstić information content (AvgIpc) is 3.18. The summed E-state index contributed by atoms with van der Waals surface area (Å²) in [6.45, 7) is 8.47. The summed E-state index contributed by atoms with van der Waals surface area (Å²) in [4.78, 5) is 4.54. The molecule has 0 spiro atoms. The minimum atomic E-state index is 0.610. The highest BCUT2D eigenvalue weighted by atomic mass is 16.5. The molecule has 2 aromatic carbocycles. The van der Waals surface area contributed by atoms with Crippen molar-refractivity contribution in [3.05, 3.63) is 64.6 Å². The molecule has 3 heterocycles. The maximum atomic E-state index is 6.21. The summed E-state index contributed by atoms with van der Waals surface area (Å²) in [6, 6.07) is 8.19. The van der Waals surface area contributed by atoms with Gasteiger partial charge < -0.3 is 52.4 Å². The van der Waals surface area contributed by atoms with Crippen molar-refractivity contribution < 1.29 is 47.2 Å². The van der Waals surface area contributed by atoms with Crippen LogP contribution < -0.4 is 28.7 Å². The molecule has 264 valence electrons. The molecule has 3 fully saturated rings. The molecule has 12 nitrogen and oxygen atoms in total. The fourth-order valence-corrected chi connectivity index (χ4v) is 6.82. The molecular weight excluding hydrogens is 630 g/mol. The molecule has 0 aromatic heterocycles. The average molecular weight is 679 g/mol. The van der Waals surface area contributed by atoms with Gasteiger partial charge in [0.25, 0.3) is 0 Å². The van der Waals surface area contributed by atoms with Crippen molar-refractivity contribution in [3.8, 4) is 23.0 Å². The van der Waals surface area contributed by atoms with Gasteiger partial charge in [0.2, 0.25) is 5.71 Å². The molecule has 3 aliphatic heterocycles. The molecular formula is C37H48N3O9+. The Balaban J connectivity index is 1.67. The first-order valence-corrected chi connectivity index (χ1v) is 16.7. The van der Waals surface area contributed by atoms with Gasteiger partial charge in [-0.1, -0.05) is 0 Å². The van der Waals surface area contributed by atoms with Crippen LogP contribution in [0.15, 0.2) is 53.5 Å². The highest BCUT2D eigenvalue weighted by Gasteiger charge is 2.35. The second-order valence-electron chi connectivity index (χ2n) is 11.8. The third kappa shape index (κ3) is 7.03. The molecule has 0 atom stereocenters. The zero-order valence-corrected chi connectivity index (χ0v) is 29.5. The van der Waals surface area contributed by atoms with Crippen molar-refractivity contribution in [1.82, 2.24) is 0 Å². The fraction of sp³-hybridized carbons (Fsp3) is 0.486. The van der Waals surface area contributed by atoms with E-state index in [1.165, 1.54) is 0 Å². The van der Waals surface area contributed by atoms with Crippen LogP contribution in [0.2, 0.25) is 0 Å². The topological polar surface area (TPSA) is 92.6 Å². The monoisotopic (exact) mass is 678 g/mol. The zero-order valence-electron chi connectivity index (χ0n) is 29.5. The number of morpholine rings is 3. The zero-order chi connectivity index (χ0) is 34.3. The number of ether oxygens (including phenoxy) is 9. The van der Waals surface area contributed by atoms with Crippen LogP contribution in [0, 0.1) is 0 Å². The van der Waals surface area contributed by atoms with Gasteiger partial charge in [-0.15, -0.1) is 0 Å². The lowest BCUT2D eigenvalue weighted by atomic mass is 9.86. The first kappa shape index (κ1) is 34.5. The first-order valence-electron chi connectivity index (χ1n) is 16.7. The SMILES string of the molecule is COC1=CC(=[N+]2CCOCC2)C=C(OC)C1=C(c1c(OC)cc(N2CCOCC2)cc1OC)c1c(OC)cc(N2CCOCC2)cc1OC. The van der Waals surface area contributed by atoms with Gasteiger partial charge in [0.1, 0.15) is 47.7 Å². The molecule has 0 unspecified atom stereocenters. The smallest absolute Gasteiger partial charge is 0.207 e. The summed E-state index contributed by atoms with van der Waals surface area (Å²) in [5, 5.41) is 0. The van der Waals surface area contributed by atoms with Crippen LogP contribution in [0.3, 0.4) is 0 Å². The summed E-state index contributed by atoms with van der Waals surface area (Å²) in [7, 11) is 10.0. The standard InChI is InChI=1S/C37H48N3O9/c1-41-28-19-25(38-7-13-47-14-8-38)20-29(42-2)34(28)37(35-30(43-3)21-26(22-31(35)44-4)39-9-15-48-16-10-39)36-32(45-5)23-27(24-33(36)46-6)40-11-17-49-18-12-40/h19-24H,7-18H2,1-6H3/q+1. The van der Waals surface area contributed by atoms with Crippen molar-refractivity contribution in [2.45, 2.75) is 0 Å². The Bertz CT molecular complexity index is 1470. The van der Waals surface area contributed by atoms with Crippen LogP contribution in [0.5, 0.6) is 23.0 Å². The molecule has 2 aromatic rings. The van der Waals surface area contributed by atoms with Gasteiger partial charge in [0, 0.05) is 67.4 Å². The second kappa shape index (κ2) is 15.9. The number of methoxy groups -OCH3 is 6. The summed E-state index contributed by atoms with van der Waals surface area (Å²) in [5.74, 6) is 3.66. The van der Waals surface area contributed by atoms with Crippen molar-refractivity contribution in [2.24, 2.45) is 0 Å². The van der Waals surface area contributed by atoms with E-state index in [1.54, 1.807) is 42.7 Å². The summed E-state index contributed by atoms with van der Waals surface area (Å²) in [5.41, 5.74) is 5.75. The Kier molecular flexibility index (Phi) is 11.2. The number of hydrogen-bond acceptors (Lipinski definition) is 11. The summed E-state index contributed by atoms with van der Waals surface area (Å²) < 4.78 is 56.4. The van der Waals surface area contributed by atoms with Crippen molar-refractivity contribution in [1.29, 1.82) is 0 Å². The van der Waals surface area contributed by atoms with Crippen LogP contribution in [-0.4, -0.2) is 132 Å². The highest BCUT2D eigenvalue weighted by molar-refractivity contribution is 6.07. The Morgan fingerprint density at radius 2 is 0.898 bits per heavy atom. The molecule has 0 N–H and O–H groups in total. The Morgan fingerprint density at radius 1 is 0.531 bits per heavy atom. The number of anilines is 2. The van der Waals surface area contributed by atoms with E-state index >= 15 is 0 Å². The largest absolute Gasteiger partial charge is 0.496 e. The second-order valence-corrected chi connectivity index (χ2v) is 11.8. The molecule has 49 heavy (non-hydrogen) atoms. The van der Waals surface area contributed by atoms with Gasteiger partial charge >= 0.3 is 0 Å². The summed E-state index contributed by atoms with van der Waals surface area (Å²) >= 11 is 0. The van der Waals surface area contributed by atoms with Gasteiger partial charge in [-0.3, -0.25) is 0 Å². The lowest BCUT2D eigenvalue weighted by Crippen LogP contribution is -2.36. The third-order valence-corrected chi connectivity index (χ3v) is 9.35. The lowest BCUT2D eigenvalue weighted by molar-refractivity contribution is -0.548. The normalized spacial score (nSPS) is 18.4. The predicted octanol–water partition coefficient (Wildman–Crippen LogP) is 3.75. The van der Waals surface area contributed by atoms with E-state index in [0.717, 1.165) is 56.4 Å². The van der Waals surface area contributed by atoms with Gasteiger partial charge in [-0.2, -0.15) is 0 Å². The lowest BCUT2D eigenvalue weighted by Gasteiger charge is -2.32. The maximum absolute atomic E-state index is 6.21. The molecule has 6 rings (SSSR count). The third-order valence-electron chi connectivity index (χ3n) is 9.35. The highest BCUT2D eigenvalue weighted by Crippen LogP contribution is 2.51. The minimum absolute atomic E-state index is 0.610. The predicted molar refractivity (Wildman–Crippen MR) is 187 cm³/mol.